The van der Waals surface area contributed by atoms with Crippen LogP contribution < -0.4 is 22.0 Å². The van der Waals surface area contributed by atoms with Gasteiger partial charge in [0, 0.05) is 6.42 Å². The molecule has 0 fully saturated rings. The van der Waals surface area contributed by atoms with Crippen LogP contribution in [0.2, 0.25) is 0 Å². The lowest BCUT2D eigenvalue weighted by molar-refractivity contribution is -0.438. The van der Waals surface area contributed by atoms with Crippen LogP contribution in [0.1, 0.15) is 12.8 Å². The van der Waals surface area contributed by atoms with Gasteiger partial charge in [-0.15, -0.1) is 0 Å². The van der Waals surface area contributed by atoms with Crippen LogP contribution in [0, 0.1) is 0 Å². The van der Waals surface area contributed by atoms with Gasteiger partial charge in [0.05, 0.1) is 12.6 Å². The second kappa shape index (κ2) is 5.36. The number of nitrogens with two attached hydrogens (primary N) is 2. The van der Waals surface area contributed by atoms with Crippen LogP contribution >= 0.6 is 0 Å². The summed E-state index contributed by atoms with van der Waals surface area (Å²) in [7, 11) is 0. The molecule has 0 aromatic carbocycles. The largest absolute Gasteiger partial charge is 0.544 e. The van der Waals surface area contributed by atoms with Gasteiger partial charge in [0.25, 0.3) is 0 Å². The summed E-state index contributed by atoms with van der Waals surface area (Å²) < 4.78 is 4.70. The highest BCUT2D eigenvalue weighted by Crippen LogP contribution is 1.91. The summed E-state index contributed by atoms with van der Waals surface area (Å²) in [5, 5.41) is 15.2. The van der Waals surface area contributed by atoms with Crippen molar-refractivity contribution in [2.45, 2.75) is 18.9 Å². The van der Waals surface area contributed by atoms with Crippen LogP contribution in [0.25, 0.3) is 0 Å². The van der Waals surface area contributed by atoms with E-state index in [1.54, 1.807) is 0 Å². The maximum atomic E-state index is 10.2. The van der Waals surface area contributed by atoms with Gasteiger partial charge in [0.15, 0.2) is 0 Å². The standard InChI is InChI=1S/C6H13N3O3/c7-4(5(10)11)2-1-3-12-6(8)9/h4H,1-3,7H2,(H3,8,9)(H,10,11)/p+1/t4-/m0/s1. The van der Waals surface area contributed by atoms with Crippen LogP contribution in [0.4, 0.5) is 0 Å². The van der Waals surface area contributed by atoms with Crippen LogP contribution in [0.3, 0.4) is 0 Å². The zero-order valence-corrected chi connectivity index (χ0v) is 6.79. The first-order valence-electron chi connectivity index (χ1n) is 3.58. The Bertz CT molecular complexity index is 171. The van der Waals surface area contributed by atoms with Gasteiger partial charge in [-0.2, -0.15) is 0 Å². The van der Waals surface area contributed by atoms with Crippen molar-refractivity contribution in [3.05, 3.63) is 0 Å². The molecule has 6 nitrogen and oxygen atoms in total. The molecule has 0 unspecified atom stereocenters. The first kappa shape index (κ1) is 10.7. The zero-order chi connectivity index (χ0) is 9.56. The van der Waals surface area contributed by atoms with E-state index in [0.29, 0.717) is 19.4 Å². The van der Waals surface area contributed by atoms with Gasteiger partial charge < -0.3 is 20.4 Å². The number of carboxylic acid groups (broad SMARTS) is 1. The van der Waals surface area contributed by atoms with E-state index < -0.39 is 12.0 Å². The van der Waals surface area contributed by atoms with E-state index in [1.807, 2.05) is 0 Å². The number of ether oxygens (including phenoxy) is 1. The van der Waals surface area contributed by atoms with Gasteiger partial charge in [-0.05, 0) is 6.42 Å². The molecular weight excluding hydrogens is 162 g/mol. The molecule has 0 rings (SSSR count). The monoisotopic (exact) mass is 176 g/mol. The molecule has 0 aromatic rings. The fourth-order valence-corrected chi connectivity index (χ4v) is 0.638. The molecule has 0 spiro atoms. The third-order valence-electron chi connectivity index (χ3n) is 1.30. The van der Waals surface area contributed by atoms with Gasteiger partial charge in [0.1, 0.15) is 6.04 Å². The van der Waals surface area contributed by atoms with Crippen LogP contribution in [-0.2, 0) is 9.53 Å². The number of carbonyl (C=O) groups is 1. The molecule has 0 aromatic heterocycles. The lowest BCUT2D eigenvalue weighted by Gasteiger charge is -2.07. The van der Waals surface area contributed by atoms with Crippen molar-refractivity contribution in [2.24, 2.45) is 5.73 Å². The molecule has 0 saturated carbocycles. The second-order valence-corrected chi connectivity index (χ2v) is 2.41. The second-order valence-electron chi connectivity index (χ2n) is 2.41. The third-order valence-corrected chi connectivity index (χ3v) is 1.30. The molecule has 7 N–H and O–H groups in total. The highest BCUT2D eigenvalue weighted by molar-refractivity contribution is 5.69. The van der Waals surface area contributed by atoms with Gasteiger partial charge in [0.2, 0.25) is 0 Å². The maximum absolute atomic E-state index is 10.2. The zero-order valence-electron chi connectivity index (χ0n) is 6.79. The molecule has 6 heteroatoms. The van der Waals surface area contributed by atoms with Crippen molar-refractivity contribution in [3.8, 4) is 0 Å². The summed E-state index contributed by atoms with van der Waals surface area (Å²) in [5.41, 5.74) is 8.36. The van der Waals surface area contributed by atoms with E-state index in [2.05, 4.69) is 5.73 Å². The van der Waals surface area contributed by atoms with E-state index in [0.717, 1.165) is 0 Å². The minimum atomic E-state index is -1.15. The number of hydrogen-bond donors (Lipinski definition) is 3. The quantitative estimate of drug-likeness (QED) is 0.220. The van der Waals surface area contributed by atoms with Crippen molar-refractivity contribution in [1.29, 1.82) is 0 Å². The number of carbonyl (C=O) groups excluding carboxylic acids is 1. The first-order valence-corrected chi connectivity index (χ1v) is 3.58. The highest BCUT2D eigenvalue weighted by atomic mass is 16.5. The molecule has 0 aliphatic carbocycles. The number of rotatable bonds is 5. The Labute approximate surface area is 70.0 Å². The summed E-state index contributed by atoms with van der Waals surface area (Å²) in [6.07, 6.45) is 0.940. The molecular formula is C6H14N3O3+. The topological polar surface area (TPSA) is 129 Å². The molecule has 0 saturated heterocycles. The summed E-state index contributed by atoms with van der Waals surface area (Å²) >= 11 is 0. The van der Waals surface area contributed by atoms with Gasteiger partial charge >= 0.3 is 6.02 Å². The normalized spacial score (nSPS) is 12.1. The molecule has 0 radical (unpaired) electrons. The lowest BCUT2D eigenvalue weighted by atomic mass is 10.2. The fourth-order valence-electron chi connectivity index (χ4n) is 0.638. The van der Waals surface area contributed by atoms with Crippen molar-refractivity contribution < 1.29 is 25.8 Å². The molecule has 0 bridgehead atoms. The Morgan fingerprint density at radius 1 is 1.75 bits per heavy atom. The Kier molecular flexibility index (Phi) is 4.78. The van der Waals surface area contributed by atoms with Gasteiger partial charge in [-0.3, -0.25) is 11.1 Å². The van der Waals surface area contributed by atoms with Gasteiger partial charge in [-0.25, -0.2) is 0 Å². The predicted molar refractivity (Wildman–Crippen MR) is 38.0 cm³/mol. The van der Waals surface area contributed by atoms with E-state index in [-0.39, 0.29) is 6.02 Å². The summed E-state index contributed by atoms with van der Waals surface area (Å²) in [4.78, 5) is 10.2. The molecule has 1 atom stereocenters. The van der Waals surface area contributed by atoms with Crippen molar-refractivity contribution in [1.82, 2.24) is 0 Å². The smallest absolute Gasteiger partial charge is 0.437 e. The van der Waals surface area contributed by atoms with E-state index >= 15 is 0 Å². The minimum Gasteiger partial charge on any atom is -0.544 e. The highest BCUT2D eigenvalue weighted by Gasteiger charge is 2.06. The van der Waals surface area contributed by atoms with Crippen molar-refractivity contribution in [2.75, 3.05) is 6.61 Å². The van der Waals surface area contributed by atoms with E-state index in [9.17, 15) is 9.90 Å². The molecule has 12 heavy (non-hydrogen) atoms. The fraction of sp³-hybridized carbons (Fsp3) is 0.667. The number of aliphatic carboxylic acids is 1. The number of amidine groups is 1. The molecule has 0 aliphatic rings. The Morgan fingerprint density at radius 2 is 2.33 bits per heavy atom. The maximum Gasteiger partial charge on any atom is 0.437 e. The average molecular weight is 176 g/mol. The number of carboxylic acids is 1. The lowest BCUT2D eigenvalue weighted by Crippen LogP contribution is -2.68. The van der Waals surface area contributed by atoms with Crippen LogP contribution in [-0.4, -0.2) is 24.6 Å². The van der Waals surface area contributed by atoms with Crippen molar-refractivity contribution in [3.63, 3.8) is 0 Å². The molecule has 0 aliphatic heterocycles. The summed E-state index contributed by atoms with van der Waals surface area (Å²) in [6, 6.07) is -0.809. The number of hydrogen-bond acceptors (Lipinski definition) is 3. The number of quaternary nitrogens is 1. The van der Waals surface area contributed by atoms with E-state index in [1.165, 1.54) is 0 Å². The Hall–Kier alpha value is -1.30. The van der Waals surface area contributed by atoms with Crippen LogP contribution in [0.5, 0.6) is 0 Å². The van der Waals surface area contributed by atoms with Gasteiger partial charge in [-0.1, -0.05) is 0 Å². The van der Waals surface area contributed by atoms with Crippen molar-refractivity contribution >= 4 is 12.0 Å². The Morgan fingerprint density at radius 3 is 2.75 bits per heavy atom. The molecule has 0 amide bonds. The van der Waals surface area contributed by atoms with Crippen LogP contribution in [0.15, 0.2) is 0 Å². The minimum absolute atomic E-state index is 0.107. The molecule has 70 valence electrons. The third kappa shape index (κ3) is 5.48. The molecule has 0 heterocycles. The average Bonchev–Trinajstić information content (AvgIpc) is 1.97. The Balaban J connectivity index is 3.31. The SMILES string of the molecule is NC(=[NH2+])OCCC[C@H]([NH3+])C(=O)[O-]. The summed E-state index contributed by atoms with van der Waals surface area (Å²) in [6.45, 7) is 0.307. The first-order chi connectivity index (χ1) is 5.54. The van der Waals surface area contributed by atoms with E-state index in [4.69, 9.17) is 15.9 Å². The summed E-state index contributed by atoms with van der Waals surface area (Å²) in [5.74, 6) is -1.15. The predicted octanol–water partition coefficient (Wildman–Crippen LogP) is -4.78.